The second-order valence-corrected chi connectivity index (χ2v) is 4.70. The van der Waals surface area contributed by atoms with Crippen LogP contribution in [0.4, 0.5) is 0 Å². The molecule has 0 spiro atoms. The highest BCUT2D eigenvalue weighted by atomic mass is 79.9. The molecule has 4 heteroatoms. The van der Waals surface area contributed by atoms with E-state index in [0.29, 0.717) is 12.5 Å². The van der Waals surface area contributed by atoms with E-state index in [9.17, 15) is 0 Å². The van der Waals surface area contributed by atoms with E-state index in [1.807, 2.05) is 11.6 Å². The molecule has 0 bridgehead atoms. The number of nitrogens with two attached hydrogens (primary N) is 1. The smallest absolute Gasteiger partial charge is 0.123 e. The van der Waals surface area contributed by atoms with Gasteiger partial charge in [-0.3, -0.25) is 0 Å². The first kappa shape index (κ1) is 10.2. The molecule has 2 rings (SSSR count). The first-order chi connectivity index (χ1) is 6.74. The zero-order valence-electron chi connectivity index (χ0n) is 8.46. The Morgan fingerprint density at radius 2 is 2.14 bits per heavy atom. The molecule has 0 unspecified atom stereocenters. The lowest BCUT2D eigenvalue weighted by Crippen LogP contribution is -2.04. The lowest BCUT2D eigenvalue weighted by Gasteiger charge is -2.05. The number of imidazole rings is 1. The molecule has 2 N–H and O–H groups in total. The van der Waals surface area contributed by atoms with E-state index in [-0.39, 0.29) is 0 Å². The number of rotatable bonds is 2. The maximum Gasteiger partial charge on any atom is 0.123 e. The minimum Gasteiger partial charge on any atom is -0.325 e. The van der Waals surface area contributed by atoms with Crippen molar-refractivity contribution in [2.45, 2.75) is 38.1 Å². The summed E-state index contributed by atoms with van der Waals surface area (Å²) >= 11 is 3.60. The van der Waals surface area contributed by atoms with E-state index < -0.39 is 0 Å². The zero-order chi connectivity index (χ0) is 10.1. The van der Waals surface area contributed by atoms with Crippen molar-refractivity contribution in [1.29, 1.82) is 0 Å². The van der Waals surface area contributed by atoms with Crippen LogP contribution in [0.1, 0.15) is 43.1 Å². The second-order valence-electron chi connectivity index (χ2n) is 3.95. The highest BCUT2D eigenvalue weighted by molar-refractivity contribution is 9.10. The summed E-state index contributed by atoms with van der Waals surface area (Å²) in [7, 11) is 2.01. The molecule has 1 aliphatic carbocycles. The van der Waals surface area contributed by atoms with Gasteiger partial charge in [0.2, 0.25) is 0 Å². The summed E-state index contributed by atoms with van der Waals surface area (Å²) in [5.41, 5.74) is 6.84. The molecule has 1 heterocycles. The van der Waals surface area contributed by atoms with E-state index in [1.54, 1.807) is 0 Å². The van der Waals surface area contributed by atoms with Gasteiger partial charge in [-0.05, 0) is 28.8 Å². The molecule has 0 saturated heterocycles. The first-order valence-corrected chi connectivity index (χ1v) is 5.94. The van der Waals surface area contributed by atoms with Gasteiger partial charge in [-0.2, -0.15) is 0 Å². The summed E-state index contributed by atoms with van der Waals surface area (Å²) in [6.45, 7) is 0.516. The van der Waals surface area contributed by atoms with Crippen molar-refractivity contribution < 1.29 is 0 Å². The predicted octanol–water partition coefficient (Wildman–Crippen LogP) is 2.30. The molecule has 3 nitrogen and oxygen atoms in total. The average Bonchev–Trinajstić information content (AvgIpc) is 2.78. The van der Waals surface area contributed by atoms with E-state index in [2.05, 4.69) is 20.9 Å². The van der Waals surface area contributed by atoms with Gasteiger partial charge in [0.1, 0.15) is 10.4 Å². The summed E-state index contributed by atoms with van der Waals surface area (Å²) in [6.07, 6.45) is 5.23. The fourth-order valence-corrected chi connectivity index (χ4v) is 2.80. The van der Waals surface area contributed by atoms with Crippen molar-refractivity contribution in [3.8, 4) is 0 Å². The van der Waals surface area contributed by atoms with Crippen LogP contribution in [0, 0.1) is 0 Å². The molecule has 0 radical (unpaired) electrons. The summed E-state index contributed by atoms with van der Waals surface area (Å²) in [5, 5.41) is 0. The molecule has 0 atom stereocenters. The van der Waals surface area contributed by atoms with Crippen LogP contribution in [0.2, 0.25) is 0 Å². The van der Waals surface area contributed by atoms with Gasteiger partial charge in [0, 0.05) is 13.0 Å². The third-order valence-electron chi connectivity index (χ3n) is 3.07. The van der Waals surface area contributed by atoms with Gasteiger partial charge in [-0.15, -0.1) is 0 Å². The van der Waals surface area contributed by atoms with Gasteiger partial charge < -0.3 is 10.3 Å². The normalized spacial score (nSPS) is 17.9. The number of hydrogen-bond donors (Lipinski definition) is 1. The molecule has 1 aromatic heterocycles. The predicted molar refractivity (Wildman–Crippen MR) is 60.0 cm³/mol. The maximum atomic E-state index is 5.63. The molecule has 0 amide bonds. The Hall–Kier alpha value is -0.350. The van der Waals surface area contributed by atoms with Crippen molar-refractivity contribution in [3.63, 3.8) is 0 Å². The van der Waals surface area contributed by atoms with Crippen LogP contribution in [0.25, 0.3) is 0 Å². The van der Waals surface area contributed by atoms with Crippen LogP contribution >= 0.6 is 15.9 Å². The third kappa shape index (κ3) is 1.61. The highest BCUT2D eigenvalue weighted by Crippen LogP contribution is 2.37. The van der Waals surface area contributed by atoms with Gasteiger partial charge in [0.15, 0.2) is 0 Å². The number of hydrogen-bond acceptors (Lipinski definition) is 2. The third-order valence-corrected chi connectivity index (χ3v) is 4.01. The average molecular weight is 258 g/mol. The molecular weight excluding hydrogens is 242 g/mol. The van der Waals surface area contributed by atoms with Crippen molar-refractivity contribution in [2.24, 2.45) is 12.8 Å². The maximum absolute atomic E-state index is 5.63. The topological polar surface area (TPSA) is 43.8 Å². The minimum atomic E-state index is 0.516. The van der Waals surface area contributed by atoms with Crippen LogP contribution in [0.5, 0.6) is 0 Å². The van der Waals surface area contributed by atoms with E-state index in [1.165, 1.54) is 31.4 Å². The van der Waals surface area contributed by atoms with E-state index >= 15 is 0 Å². The Labute approximate surface area is 92.8 Å². The van der Waals surface area contributed by atoms with Crippen molar-refractivity contribution in [3.05, 3.63) is 16.1 Å². The molecule has 78 valence electrons. The number of halogens is 1. The lowest BCUT2D eigenvalue weighted by atomic mass is 10.1. The SMILES string of the molecule is Cn1c(CN)nc(C2CCCC2)c1Br. The monoisotopic (exact) mass is 257 g/mol. The standard InChI is InChI=1S/C10H16BrN3/c1-14-8(6-12)13-9(10(14)11)7-4-2-3-5-7/h7H,2-6,12H2,1H3. The minimum absolute atomic E-state index is 0.516. The van der Waals surface area contributed by atoms with Gasteiger partial charge in [-0.25, -0.2) is 4.98 Å². The van der Waals surface area contributed by atoms with E-state index in [0.717, 1.165) is 10.4 Å². The molecule has 1 saturated carbocycles. The molecular formula is C10H16BrN3. The van der Waals surface area contributed by atoms with Crippen LogP contribution in [-0.2, 0) is 13.6 Å². The second kappa shape index (κ2) is 4.03. The molecule has 1 aliphatic rings. The van der Waals surface area contributed by atoms with Crippen molar-refractivity contribution in [1.82, 2.24) is 9.55 Å². The Morgan fingerprint density at radius 3 is 2.64 bits per heavy atom. The van der Waals surface area contributed by atoms with E-state index in [4.69, 9.17) is 5.73 Å². The summed E-state index contributed by atoms with van der Waals surface area (Å²) in [4.78, 5) is 4.60. The highest BCUT2D eigenvalue weighted by Gasteiger charge is 2.23. The Bertz CT molecular complexity index is 326. The van der Waals surface area contributed by atoms with Crippen molar-refractivity contribution in [2.75, 3.05) is 0 Å². The Kier molecular flexibility index (Phi) is 2.93. The summed E-state index contributed by atoms with van der Waals surface area (Å²) < 4.78 is 3.16. The van der Waals surface area contributed by atoms with Gasteiger partial charge in [0.25, 0.3) is 0 Å². The quantitative estimate of drug-likeness (QED) is 0.884. The molecule has 1 fully saturated rings. The molecule has 0 aromatic carbocycles. The van der Waals surface area contributed by atoms with Crippen molar-refractivity contribution >= 4 is 15.9 Å². The lowest BCUT2D eigenvalue weighted by molar-refractivity contribution is 0.695. The fourth-order valence-electron chi connectivity index (χ4n) is 2.19. The summed E-state index contributed by atoms with van der Waals surface area (Å²) in [5.74, 6) is 1.62. The zero-order valence-corrected chi connectivity index (χ0v) is 10.0. The number of aromatic nitrogens is 2. The largest absolute Gasteiger partial charge is 0.325 e. The van der Waals surface area contributed by atoms with Gasteiger partial charge in [-0.1, -0.05) is 12.8 Å². The van der Waals surface area contributed by atoms with Gasteiger partial charge in [0.05, 0.1) is 12.2 Å². The van der Waals surface area contributed by atoms with Crippen LogP contribution < -0.4 is 5.73 Å². The fraction of sp³-hybridized carbons (Fsp3) is 0.700. The van der Waals surface area contributed by atoms with Crippen LogP contribution in [-0.4, -0.2) is 9.55 Å². The summed E-state index contributed by atoms with van der Waals surface area (Å²) in [6, 6.07) is 0. The Morgan fingerprint density at radius 1 is 1.50 bits per heavy atom. The number of nitrogens with zero attached hydrogens (tertiary/aromatic N) is 2. The first-order valence-electron chi connectivity index (χ1n) is 5.15. The Balaban J connectivity index is 2.32. The molecule has 1 aromatic rings. The van der Waals surface area contributed by atoms with Crippen LogP contribution in [0.3, 0.4) is 0 Å². The molecule has 0 aliphatic heterocycles. The van der Waals surface area contributed by atoms with Gasteiger partial charge >= 0.3 is 0 Å². The molecule has 14 heavy (non-hydrogen) atoms. The van der Waals surface area contributed by atoms with Crippen LogP contribution in [0.15, 0.2) is 4.60 Å².